The van der Waals surface area contributed by atoms with Crippen LogP contribution >= 0.6 is 0 Å². The molecule has 0 fully saturated rings. The second kappa shape index (κ2) is 7.93. The van der Waals surface area contributed by atoms with Gasteiger partial charge in [-0.3, -0.25) is 4.18 Å². The lowest BCUT2D eigenvalue weighted by Gasteiger charge is -1.95. The smallest absolute Gasteiger partial charge is 0.331 e. The molecule has 0 rings (SSSR count). The van der Waals surface area contributed by atoms with Crippen LogP contribution in [0, 0.1) is 0 Å². The Morgan fingerprint density at radius 2 is 1.73 bits per heavy atom. The zero-order chi connectivity index (χ0) is 9.33. The van der Waals surface area contributed by atoms with Gasteiger partial charge in [0.2, 0.25) is 0 Å². The zero-order valence-electron chi connectivity index (χ0n) is 7.03. The van der Waals surface area contributed by atoms with Gasteiger partial charge in [0.1, 0.15) is 0 Å². The van der Waals surface area contributed by atoms with Crippen LogP contribution in [0.1, 0.15) is 13.8 Å². The SMILES string of the molecule is CCN.CCOS(=O)(=O)OC. The fourth-order valence-corrected chi connectivity index (χ4v) is 0.577. The van der Waals surface area contributed by atoms with Crippen LogP contribution in [0.3, 0.4) is 0 Å². The molecule has 0 aliphatic rings. The minimum Gasteiger partial charge on any atom is -0.331 e. The van der Waals surface area contributed by atoms with Crippen LogP contribution in [0.4, 0.5) is 0 Å². The summed E-state index contributed by atoms with van der Waals surface area (Å²) in [6.45, 7) is 4.33. The second-order valence-electron chi connectivity index (χ2n) is 1.39. The van der Waals surface area contributed by atoms with Gasteiger partial charge < -0.3 is 5.73 Å². The van der Waals surface area contributed by atoms with Crippen LogP contribution in [0.5, 0.6) is 0 Å². The number of hydrogen-bond acceptors (Lipinski definition) is 5. The normalized spacial score (nSPS) is 10.2. The molecule has 6 heteroatoms. The molecule has 5 nitrogen and oxygen atoms in total. The van der Waals surface area contributed by atoms with Crippen LogP contribution in [0.2, 0.25) is 0 Å². The van der Waals surface area contributed by atoms with E-state index in [1.807, 2.05) is 6.92 Å². The molecule has 0 atom stereocenters. The van der Waals surface area contributed by atoms with Crippen molar-refractivity contribution in [1.82, 2.24) is 0 Å². The molecular weight excluding hydrogens is 170 g/mol. The molecule has 0 aromatic rings. The molecule has 0 saturated carbocycles. The van der Waals surface area contributed by atoms with Crippen molar-refractivity contribution in [3.05, 3.63) is 0 Å². The van der Waals surface area contributed by atoms with Crippen LogP contribution in [0.15, 0.2) is 0 Å². The van der Waals surface area contributed by atoms with E-state index in [2.05, 4.69) is 8.37 Å². The summed E-state index contributed by atoms with van der Waals surface area (Å²) < 4.78 is 28.4. The van der Waals surface area contributed by atoms with Gasteiger partial charge in [-0.05, 0) is 13.5 Å². The van der Waals surface area contributed by atoms with Gasteiger partial charge in [0.15, 0.2) is 0 Å². The highest BCUT2D eigenvalue weighted by Gasteiger charge is 2.04. The lowest BCUT2D eigenvalue weighted by Crippen LogP contribution is -2.06. The monoisotopic (exact) mass is 185 g/mol. The van der Waals surface area contributed by atoms with E-state index in [0.717, 1.165) is 13.7 Å². The first-order valence-corrected chi connectivity index (χ1v) is 4.52. The fraction of sp³-hybridized carbons (Fsp3) is 1.00. The van der Waals surface area contributed by atoms with Gasteiger partial charge in [0.25, 0.3) is 0 Å². The van der Waals surface area contributed by atoms with Crippen molar-refractivity contribution in [1.29, 1.82) is 0 Å². The average molecular weight is 185 g/mol. The molecule has 0 aliphatic heterocycles. The van der Waals surface area contributed by atoms with Crippen molar-refractivity contribution in [2.45, 2.75) is 13.8 Å². The molecule has 2 N–H and O–H groups in total. The third kappa shape index (κ3) is 12.9. The first-order valence-electron chi connectivity index (χ1n) is 3.19. The Morgan fingerprint density at radius 1 is 1.36 bits per heavy atom. The van der Waals surface area contributed by atoms with E-state index in [-0.39, 0.29) is 6.61 Å². The summed E-state index contributed by atoms with van der Waals surface area (Å²) >= 11 is 0. The van der Waals surface area contributed by atoms with Crippen molar-refractivity contribution in [3.63, 3.8) is 0 Å². The second-order valence-corrected chi connectivity index (χ2v) is 2.78. The lowest BCUT2D eigenvalue weighted by atomic mass is 10.8. The molecule has 0 bridgehead atoms. The summed E-state index contributed by atoms with van der Waals surface area (Å²) in [7, 11) is -2.62. The Labute approximate surface area is 67.8 Å². The third-order valence-electron chi connectivity index (χ3n) is 0.466. The Bertz CT molecular complexity index is 154. The summed E-state index contributed by atoms with van der Waals surface area (Å²) in [5, 5.41) is 0. The molecule has 0 heterocycles. The highest BCUT2D eigenvalue weighted by atomic mass is 32.3. The van der Waals surface area contributed by atoms with E-state index in [1.165, 1.54) is 0 Å². The van der Waals surface area contributed by atoms with Crippen molar-refractivity contribution in [2.24, 2.45) is 5.73 Å². The molecule has 0 unspecified atom stereocenters. The van der Waals surface area contributed by atoms with Crippen molar-refractivity contribution in [3.8, 4) is 0 Å². The van der Waals surface area contributed by atoms with E-state index in [4.69, 9.17) is 5.73 Å². The quantitative estimate of drug-likeness (QED) is 0.663. The summed E-state index contributed by atoms with van der Waals surface area (Å²) in [6, 6.07) is 0. The minimum absolute atomic E-state index is 0.107. The largest absolute Gasteiger partial charge is 0.399 e. The molecule has 11 heavy (non-hydrogen) atoms. The van der Waals surface area contributed by atoms with E-state index in [1.54, 1.807) is 6.92 Å². The van der Waals surface area contributed by atoms with E-state index < -0.39 is 10.4 Å². The van der Waals surface area contributed by atoms with Gasteiger partial charge in [-0.2, -0.15) is 8.42 Å². The van der Waals surface area contributed by atoms with Crippen LogP contribution in [0.25, 0.3) is 0 Å². The summed E-state index contributed by atoms with van der Waals surface area (Å²) in [5.41, 5.74) is 4.85. The Hall–Kier alpha value is -0.170. The molecule has 0 aromatic carbocycles. The van der Waals surface area contributed by atoms with E-state index in [9.17, 15) is 8.42 Å². The standard InChI is InChI=1S/C3H8O4S.C2H7N/c1-3-7-8(4,5)6-2;1-2-3/h3H2,1-2H3;2-3H2,1H3. The first kappa shape index (κ1) is 13.4. The highest BCUT2D eigenvalue weighted by molar-refractivity contribution is 7.81. The van der Waals surface area contributed by atoms with Gasteiger partial charge in [-0.15, -0.1) is 0 Å². The van der Waals surface area contributed by atoms with Crippen LogP contribution in [-0.2, 0) is 18.8 Å². The minimum atomic E-state index is -3.67. The predicted octanol–water partition coefficient (Wildman–Crippen LogP) is -0.121. The number of hydrogen-bond donors (Lipinski definition) is 1. The summed E-state index contributed by atoms with van der Waals surface area (Å²) in [4.78, 5) is 0. The molecule has 0 aromatic heterocycles. The van der Waals surface area contributed by atoms with E-state index in [0.29, 0.717) is 0 Å². The first-order chi connectivity index (χ1) is 5.04. The molecular formula is C5H15NO4S. The Balaban J connectivity index is 0. The molecule has 0 radical (unpaired) electrons. The summed E-state index contributed by atoms with van der Waals surface area (Å²) in [6.07, 6.45) is 0. The maximum absolute atomic E-state index is 10.2. The van der Waals surface area contributed by atoms with Gasteiger partial charge in [-0.1, -0.05) is 6.92 Å². The number of rotatable bonds is 3. The topological polar surface area (TPSA) is 78.6 Å². The maximum atomic E-state index is 10.2. The summed E-state index contributed by atoms with van der Waals surface area (Å²) in [5.74, 6) is 0. The van der Waals surface area contributed by atoms with Crippen LogP contribution < -0.4 is 5.73 Å². The van der Waals surface area contributed by atoms with Crippen molar-refractivity contribution in [2.75, 3.05) is 20.3 Å². The van der Waals surface area contributed by atoms with E-state index >= 15 is 0 Å². The molecule has 0 saturated heterocycles. The van der Waals surface area contributed by atoms with Crippen molar-refractivity contribution < 1.29 is 16.8 Å². The maximum Gasteiger partial charge on any atom is 0.399 e. The Kier molecular flexibility index (Phi) is 9.68. The van der Waals surface area contributed by atoms with Gasteiger partial charge in [0.05, 0.1) is 13.7 Å². The van der Waals surface area contributed by atoms with Gasteiger partial charge >= 0.3 is 10.4 Å². The molecule has 0 amide bonds. The van der Waals surface area contributed by atoms with Crippen LogP contribution in [-0.4, -0.2) is 28.7 Å². The lowest BCUT2D eigenvalue weighted by molar-refractivity contribution is 0.254. The third-order valence-corrected chi connectivity index (χ3v) is 1.40. The number of nitrogens with two attached hydrogens (primary N) is 1. The molecule has 0 spiro atoms. The van der Waals surface area contributed by atoms with Gasteiger partial charge in [-0.25, -0.2) is 4.18 Å². The zero-order valence-corrected chi connectivity index (χ0v) is 7.85. The average Bonchev–Trinajstić information content (AvgIpc) is 1.90. The highest BCUT2D eigenvalue weighted by Crippen LogP contribution is 1.89. The molecule has 0 aliphatic carbocycles. The molecule has 70 valence electrons. The van der Waals surface area contributed by atoms with Gasteiger partial charge in [0, 0.05) is 0 Å². The fourth-order valence-electron chi connectivity index (χ4n) is 0.192. The Morgan fingerprint density at radius 3 is 1.82 bits per heavy atom. The predicted molar refractivity (Wildman–Crippen MR) is 42.3 cm³/mol. The van der Waals surface area contributed by atoms with Crippen molar-refractivity contribution >= 4 is 10.4 Å².